The van der Waals surface area contributed by atoms with Gasteiger partial charge in [0.1, 0.15) is 11.6 Å². The Morgan fingerprint density at radius 1 is 1.00 bits per heavy atom. The van der Waals surface area contributed by atoms with E-state index in [4.69, 9.17) is 0 Å². The zero-order valence-corrected chi connectivity index (χ0v) is 11.4. The minimum absolute atomic E-state index is 0.0565. The summed E-state index contributed by atoms with van der Waals surface area (Å²) in [5.74, 6) is -1.49. The Hall–Kier alpha value is -2.08. The minimum atomic E-state index is -0.746. The molecule has 6 heteroatoms. The number of amides is 2. The van der Waals surface area contributed by atoms with Gasteiger partial charge in [0, 0.05) is 22.3 Å². The topological polar surface area (TPSA) is 41.1 Å². The number of hydrogen-bond acceptors (Lipinski definition) is 2. The molecule has 0 saturated carbocycles. The maximum atomic E-state index is 13.0. The second-order valence-electron chi connectivity index (χ2n) is 3.97. The first-order valence-electron chi connectivity index (χ1n) is 5.75. The van der Waals surface area contributed by atoms with E-state index in [1.807, 2.05) is 18.4 Å². The fourth-order valence-electron chi connectivity index (χ4n) is 1.62. The van der Waals surface area contributed by atoms with Crippen molar-refractivity contribution < 1.29 is 13.6 Å². The standard InChI is InChI=1S/C14H12F2N2OS/c1-20-13-4-2-3-11(8-13)17-14(19)18-12-6-9(15)5-10(16)7-12/h2-8H,1H3,(H2,17,18,19). The molecule has 2 N–H and O–H groups in total. The fourth-order valence-corrected chi connectivity index (χ4v) is 2.08. The smallest absolute Gasteiger partial charge is 0.308 e. The van der Waals surface area contributed by atoms with E-state index < -0.39 is 17.7 Å². The Morgan fingerprint density at radius 2 is 1.65 bits per heavy atom. The molecule has 0 aliphatic carbocycles. The van der Waals surface area contributed by atoms with Gasteiger partial charge in [-0.2, -0.15) is 0 Å². The van der Waals surface area contributed by atoms with Gasteiger partial charge >= 0.3 is 6.03 Å². The molecule has 2 aromatic carbocycles. The summed E-state index contributed by atoms with van der Waals surface area (Å²) in [5.41, 5.74) is 0.659. The summed E-state index contributed by atoms with van der Waals surface area (Å²) in [7, 11) is 0. The van der Waals surface area contributed by atoms with Gasteiger partial charge in [0.05, 0.1) is 0 Å². The molecule has 2 amide bonds. The highest BCUT2D eigenvalue weighted by Crippen LogP contribution is 2.19. The number of carbonyl (C=O) groups is 1. The summed E-state index contributed by atoms with van der Waals surface area (Å²) >= 11 is 1.55. The monoisotopic (exact) mass is 294 g/mol. The fraction of sp³-hybridized carbons (Fsp3) is 0.0714. The van der Waals surface area contributed by atoms with Gasteiger partial charge in [-0.3, -0.25) is 0 Å². The third kappa shape index (κ3) is 3.96. The Labute approximate surface area is 119 Å². The lowest BCUT2D eigenvalue weighted by atomic mass is 10.3. The van der Waals surface area contributed by atoms with E-state index in [1.54, 1.807) is 23.9 Å². The largest absolute Gasteiger partial charge is 0.323 e. The quantitative estimate of drug-likeness (QED) is 0.827. The highest BCUT2D eigenvalue weighted by Gasteiger charge is 2.06. The van der Waals surface area contributed by atoms with Crippen LogP contribution in [-0.2, 0) is 0 Å². The molecule has 3 nitrogen and oxygen atoms in total. The molecule has 2 rings (SSSR count). The van der Waals surface area contributed by atoms with Crippen molar-refractivity contribution in [3.05, 3.63) is 54.1 Å². The van der Waals surface area contributed by atoms with Crippen LogP contribution in [0, 0.1) is 11.6 Å². The molecule has 0 fully saturated rings. The number of hydrogen-bond donors (Lipinski definition) is 2. The second kappa shape index (κ2) is 6.38. The minimum Gasteiger partial charge on any atom is -0.308 e. The zero-order chi connectivity index (χ0) is 14.5. The summed E-state index contributed by atoms with van der Waals surface area (Å²) in [4.78, 5) is 12.7. The summed E-state index contributed by atoms with van der Waals surface area (Å²) in [6.07, 6.45) is 1.93. The van der Waals surface area contributed by atoms with E-state index in [0.717, 1.165) is 23.1 Å². The zero-order valence-electron chi connectivity index (χ0n) is 10.6. The number of halogens is 2. The number of anilines is 2. The van der Waals surface area contributed by atoms with Gasteiger partial charge < -0.3 is 10.6 Å². The number of carbonyl (C=O) groups excluding carboxylic acids is 1. The average molecular weight is 294 g/mol. The lowest BCUT2D eigenvalue weighted by molar-refractivity contribution is 0.262. The molecule has 104 valence electrons. The Balaban J connectivity index is 2.04. The maximum absolute atomic E-state index is 13.0. The summed E-state index contributed by atoms with van der Waals surface area (Å²) in [6, 6.07) is 9.52. The van der Waals surface area contributed by atoms with E-state index in [2.05, 4.69) is 10.6 Å². The SMILES string of the molecule is CSc1cccc(NC(=O)Nc2cc(F)cc(F)c2)c1. The summed E-state index contributed by atoms with van der Waals surface area (Å²) in [5, 5.41) is 4.97. The van der Waals surface area contributed by atoms with E-state index in [9.17, 15) is 13.6 Å². The van der Waals surface area contributed by atoms with E-state index in [1.165, 1.54) is 0 Å². The molecule has 20 heavy (non-hydrogen) atoms. The first-order valence-corrected chi connectivity index (χ1v) is 6.97. The molecular weight excluding hydrogens is 282 g/mol. The van der Waals surface area contributed by atoms with E-state index in [-0.39, 0.29) is 5.69 Å². The third-order valence-electron chi connectivity index (χ3n) is 2.45. The Morgan fingerprint density at radius 3 is 2.30 bits per heavy atom. The van der Waals surface area contributed by atoms with Crippen LogP contribution in [0.15, 0.2) is 47.4 Å². The molecule has 0 spiro atoms. The summed E-state index contributed by atoms with van der Waals surface area (Å²) < 4.78 is 26.0. The Kier molecular flexibility index (Phi) is 4.57. The molecule has 0 radical (unpaired) electrons. The van der Waals surface area contributed by atoms with Gasteiger partial charge in [-0.1, -0.05) is 6.07 Å². The van der Waals surface area contributed by atoms with Crippen LogP contribution in [0.1, 0.15) is 0 Å². The molecular formula is C14H12F2N2OS. The van der Waals surface area contributed by atoms with Crippen LogP contribution in [0.25, 0.3) is 0 Å². The number of benzene rings is 2. The van der Waals surface area contributed by atoms with Gasteiger partial charge in [0.2, 0.25) is 0 Å². The van der Waals surface area contributed by atoms with Gasteiger partial charge in [0.15, 0.2) is 0 Å². The number of urea groups is 1. The van der Waals surface area contributed by atoms with Crippen molar-refractivity contribution in [1.82, 2.24) is 0 Å². The van der Waals surface area contributed by atoms with E-state index >= 15 is 0 Å². The summed E-state index contributed by atoms with van der Waals surface area (Å²) in [6.45, 7) is 0. The van der Waals surface area contributed by atoms with Crippen molar-refractivity contribution in [2.75, 3.05) is 16.9 Å². The molecule has 2 aromatic rings. The third-order valence-corrected chi connectivity index (χ3v) is 3.17. The lowest BCUT2D eigenvalue weighted by Crippen LogP contribution is -2.19. The predicted octanol–water partition coefficient (Wildman–Crippen LogP) is 4.33. The van der Waals surface area contributed by atoms with Crippen LogP contribution >= 0.6 is 11.8 Å². The van der Waals surface area contributed by atoms with Crippen molar-refractivity contribution in [3.8, 4) is 0 Å². The first kappa shape index (κ1) is 14.3. The second-order valence-corrected chi connectivity index (χ2v) is 4.85. The van der Waals surface area contributed by atoms with E-state index in [0.29, 0.717) is 5.69 Å². The van der Waals surface area contributed by atoms with Crippen LogP contribution in [0.5, 0.6) is 0 Å². The number of rotatable bonds is 3. The normalized spacial score (nSPS) is 10.2. The van der Waals surface area contributed by atoms with Crippen molar-refractivity contribution in [1.29, 1.82) is 0 Å². The lowest BCUT2D eigenvalue weighted by Gasteiger charge is -2.08. The van der Waals surface area contributed by atoms with Crippen molar-refractivity contribution in [2.45, 2.75) is 4.90 Å². The molecule has 0 aromatic heterocycles. The van der Waals surface area contributed by atoms with Crippen LogP contribution in [0.2, 0.25) is 0 Å². The van der Waals surface area contributed by atoms with Crippen LogP contribution in [-0.4, -0.2) is 12.3 Å². The van der Waals surface area contributed by atoms with Gasteiger partial charge in [-0.15, -0.1) is 11.8 Å². The highest BCUT2D eigenvalue weighted by molar-refractivity contribution is 7.98. The highest BCUT2D eigenvalue weighted by atomic mass is 32.2. The average Bonchev–Trinajstić information content (AvgIpc) is 2.37. The first-order chi connectivity index (χ1) is 9.56. The number of nitrogens with one attached hydrogen (secondary N) is 2. The molecule has 0 aliphatic heterocycles. The number of thioether (sulfide) groups is 1. The van der Waals surface area contributed by atoms with Crippen molar-refractivity contribution >= 4 is 29.2 Å². The molecule has 0 bridgehead atoms. The van der Waals surface area contributed by atoms with Crippen LogP contribution in [0.3, 0.4) is 0 Å². The van der Waals surface area contributed by atoms with Gasteiger partial charge in [-0.05, 0) is 36.6 Å². The van der Waals surface area contributed by atoms with Crippen molar-refractivity contribution in [2.24, 2.45) is 0 Å². The molecule has 0 atom stereocenters. The van der Waals surface area contributed by atoms with Crippen LogP contribution in [0.4, 0.5) is 25.0 Å². The Bertz CT molecular complexity index is 614. The predicted molar refractivity (Wildman–Crippen MR) is 77.2 cm³/mol. The van der Waals surface area contributed by atoms with Gasteiger partial charge in [0.25, 0.3) is 0 Å². The maximum Gasteiger partial charge on any atom is 0.323 e. The molecule has 0 saturated heterocycles. The van der Waals surface area contributed by atoms with Crippen LogP contribution < -0.4 is 10.6 Å². The van der Waals surface area contributed by atoms with Crippen molar-refractivity contribution in [3.63, 3.8) is 0 Å². The molecule has 0 aliphatic rings. The molecule has 0 heterocycles. The van der Waals surface area contributed by atoms with Gasteiger partial charge in [-0.25, -0.2) is 13.6 Å². The molecule has 0 unspecified atom stereocenters.